The van der Waals surface area contributed by atoms with E-state index in [1.54, 1.807) is 12.1 Å². The van der Waals surface area contributed by atoms with Gasteiger partial charge in [0.2, 0.25) is 0 Å². The minimum absolute atomic E-state index is 0.200. The van der Waals surface area contributed by atoms with E-state index in [4.69, 9.17) is 11.6 Å². The number of piperazine rings is 1. The van der Waals surface area contributed by atoms with Gasteiger partial charge in [0.05, 0.1) is 11.2 Å². The van der Waals surface area contributed by atoms with Gasteiger partial charge in [-0.1, -0.05) is 41.9 Å². The highest BCUT2D eigenvalue weighted by molar-refractivity contribution is 6.30. The first-order valence-corrected chi connectivity index (χ1v) is 7.47. The molecule has 2 aromatic carbocycles. The summed E-state index contributed by atoms with van der Waals surface area (Å²) >= 11 is 6.02. The van der Waals surface area contributed by atoms with E-state index in [0.717, 1.165) is 13.1 Å². The van der Waals surface area contributed by atoms with Crippen LogP contribution in [0.15, 0.2) is 48.5 Å². The van der Waals surface area contributed by atoms with Gasteiger partial charge in [0.1, 0.15) is 5.82 Å². The maximum absolute atomic E-state index is 14.1. The normalized spacial score (nSPS) is 22.3. The first-order valence-electron chi connectivity index (χ1n) is 7.09. The molecule has 0 radical (unpaired) electrons. The fourth-order valence-corrected chi connectivity index (χ4v) is 3.08. The molecule has 1 aliphatic rings. The highest BCUT2D eigenvalue weighted by Crippen LogP contribution is 2.30. The molecular formula is C17H18ClFN2. The summed E-state index contributed by atoms with van der Waals surface area (Å²) in [5, 5.41) is 4.11. The Balaban J connectivity index is 1.91. The number of rotatable bonds is 2. The van der Waals surface area contributed by atoms with Gasteiger partial charge in [0.15, 0.2) is 0 Å². The van der Waals surface area contributed by atoms with Gasteiger partial charge in [-0.3, -0.25) is 0 Å². The number of nitrogens with one attached hydrogen (secondary N) is 1. The third-order valence-corrected chi connectivity index (χ3v) is 4.30. The Kier molecular flexibility index (Phi) is 3.87. The number of anilines is 1. The molecule has 2 aromatic rings. The Bertz CT molecular complexity index is 632. The van der Waals surface area contributed by atoms with Crippen LogP contribution in [0.25, 0.3) is 0 Å². The Hall–Kier alpha value is -1.58. The molecule has 0 saturated carbocycles. The van der Waals surface area contributed by atoms with E-state index < -0.39 is 0 Å². The first kappa shape index (κ1) is 14.4. The van der Waals surface area contributed by atoms with Crippen LogP contribution < -0.4 is 10.2 Å². The molecule has 0 amide bonds. The topological polar surface area (TPSA) is 15.3 Å². The molecule has 1 fully saturated rings. The third kappa shape index (κ3) is 2.89. The van der Waals surface area contributed by atoms with E-state index in [0.29, 0.717) is 17.3 Å². The van der Waals surface area contributed by atoms with E-state index in [2.05, 4.69) is 29.3 Å². The molecular weight excluding hydrogens is 287 g/mol. The molecule has 1 heterocycles. The fourth-order valence-electron chi connectivity index (χ4n) is 2.92. The maximum atomic E-state index is 14.1. The lowest BCUT2D eigenvalue weighted by Crippen LogP contribution is -2.57. The van der Waals surface area contributed by atoms with E-state index >= 15 is 0 Å². The summed E-state index contributed by atoms with van der Waals surface area (Å²) in [4.78, 5) is 2.06. The molecule has 0 spiro atoms. The van der Waals surface area contributed by atoms with Crippen LogP contribution in [-0.4, -0.2) is 19.6 Å². The lowest BCUT2D eigenvalue weighted by atomic mass is 9.89. The largest absolute Gasteiger partial charge is 0.366 e. The van der Waals surface area contributed by atoms with Crippen LogP contribution in [0.3, 0.4) is 0 Å². The predicted molar refractivity (Wildman–Crippen MR) is 85.4 cm³/mol. The molecule has 0 aliphatic carbocycles. The molecule has 0 bridgehead atoms. The van der Waals surface area contributed by atoms with Gasteiger partial charge in [-0.2, -0.15) is 0 Å². The summed E-state index contributed by atoms with van der Waals surface area (Å²) < 4.78 is 14.1. The fraction of sp³-hybridized carbons (Fsp3) is 0.294. The van der Waals surface area contributed by atoms with Gasteiger partial charge < -0.3 is 10.2 Å². The molecule has 21 heavy (non-hydrogen) atoms. The smallest absolute Gasteiger partial charge is 0.146 e. The van der Waals surface area contributed by atoms with Gasteiger partial charge in [-0.15, -0.1) is 0 Å². The molecule has 4 heteroatoms. The summed E-state index contributed by atoms with van der Waals surface area (Å²) in [6.07, 6.45) is 0. The van der Waals surface area contributed by atoms with Crippen molar-refractivity contribution in [2.45, 2.75) is 12.5 Å². The molecule has 1 aliphatic heterocycles. The van der Waals surface area contributed by atoms with Crippen LogP contribution >= 0.6 is 11.6 Å². The monoisotopic (exact) mass is 304 g/mol. The van der Waals surface area contributed by atoms with E-state index in [1.165, 1.54) is 11.6 Å². The molecule has 110 valence electrons. The lowest BCUT2D eigenvalue weighted by Gasteiger charge is -2.43. The summed E-state index contributed by atoms with van der Waals surface area (Å²) in [5.41, 5.74) is 1.58. The van der Waals surface area contributed by atoms with Crippen molar-refractivity contribution in [1.82, 2.24) is 5.32 Å². The summed E-state index contributed by atoms with van der Waals surface area (Å²) in [5.74, 6) is -0.225. The second-order valence-corrected chi connectivity index (χ2v) is 6.08. The zero-order valence-electron chi connectivity index (χ0n) is 11.9. The van der Waals surface area contributed by atoms with Gasteiger partial charge in [0.25, 0.3) is 0 Å². The molecule has 1 atom stereocenters. The van der Waals surface area contributed by atoms with Crippen LogP contribution in [0.2, 0.25) is 5.02 Å². The van der Waals surface area contributed by atoms with Gasteiger partial charge in [-0.05, 0) is 30.7 Å². The van der Waals surface area contributed by atoms with Crippen LogP contribution in [-0.2, 0) is 5.54 Å². The number of halogens is 2. The third-order valence-electron chi connectivity index (χ3n) is 4.06. The van der Waals surface area contributed by atoms with Crippen molar-refractivity contribution in [3.8, 4) is 0 Å². The number of hydrogen-bond acceptors (Lipinski definition) is 2. The average molecular weight is 305 g/mol. The predicted octanol–water partition coefficient (Wildman–Crippen LogP) is 3.80. The second-order valence-electron chi connectivity index (χ2n) is 5.64. The van der Waals surface area contributed by atoms with Crippen molar-refractivity contribution in [3.05, 3.63) is 64.9 Å². The number of benzene rings is 2. The number of nitrogens with zero attached hydrogens (tertiary/aromatic N) is 1. The minimum atomic E-state index is -0.225. The molecule has 1 saturated heterocycles. The van der Waals surface area contributed by atoms with Crippen molar-refractivity contribution >= 4 is 17.3 Å². The minimum Gasteiger partial charge on any atom is -0.366 e. The number of hydrogen-bond donors (Lipinski definition) is 1. The van der Waals surface area contributed by atoms with E-state index in [9.17, 15) is 4.39 Å². The highest BCUT2D eigenvalue weighted by Gasteiger charge is 2.33. The maximum Gasteiger partial charge on any atom is 0.146 e. The summed E-state index contributed by atoms with van der Waals surface area (Å²) in [6, 6.07) is 15.0. The Morgan fingerprint density at radius 3 is 2.71 bits per heavy atom. The summed E-state index contributed by atoms with van der Waals surface area (Å²) in [6.45, 7) is 4.42. The zero-order valence-corrected chi connectivity index (χ0v) is 12.7. The molecule has 1 unspecified atom stereocenters. The van der Waals surface area contributed by atoms with Crippen LogP contribution in [0.1, 0.15) is 12.5 Å². The molecule has 2 nitrogen and oxygen atoms in total. The Morgan fingerprint density at radius 2 is 1.95 bits per heavy atom. The molecule has 1 N–H and O–H groups in total. The van der Waals surface area contributed by atoms with Crippen LogP contribution in [0.4, 0.5) is 10.1 Å². The van der Waals surface area contributed by atoms with Gasteiger partial charge in [0, 0.05) is 24.7 Å². The van der Waals surface area contributed by atoms with Gasteiger partial charge in [-0.25, -0.2) is 4.39 Å². The Morgan fingerprint density at radius 1 is 1.19 bits per heavy atom. The molecule has 0 aromatic heterocycles. The summed E-state index contributed by atoms with van der Waals surface area (Å²) in [7, 11) is 0. The van der Waals surface area contributed by atoms with E-state index in [-0.39, 0.29) is 11.4 Å². The quantitative estimate of drug-likeness (QED) is 0.908. The molecule has 3 rings (SSSR count). The second kappa shape index (κ2) is 5.66. The van der Waals surface area contributed by atoms with Crippen LogP contribution in [0, 0.1) is 5.82 Å². The van der Waals surface area contributed by atoms with Crippen molar-refractivity contribution in [2.24, 2.45) is 0 Å². The van der Waals surface area contributed by atoms with Crippen molar-refractivity contribution < 1.29 is 4.39 Å². The lowest BCUT2D eigenvalue weighted by molar-refractivity contribution is 0.330. The van der Waals surface area contributed by atoms with Crippen molar-refractivity contribution in [1.29, 1.82) is 0 Å². The standard InChI is InChI=1S/C17H18ClFN2/c1-17(13-5-3-2-4-6-13)12-21(10-9-20-17)16-11-14(18)7-8-15(16)19/h2-8,11,20H,9-10,12H2,1H3. The van der Waals surface area contributed by atoms with Crippen LogP contribution in [0.5, 0.6) is 0 Å². The SMILES string of the molecule is CC1(c2ccccc2)CN(c2cc(Cl)ccc2F)CCN1. The van der Waals surface area contributed by atoms with Gasteiger partial charge >= 0.3 is 0 Å². The van der Waals surface area contributed by atoms with E-state index in [1.807, 2.05) is 18.2 Å². The average Bonchev–Trinajstić information content (AvgIpc) is 2.51. The highest BCUT2D eigenvalue weighted by atomic mass is 35.5. The van der Waals surface area contributed by atoms with Crippen molar-refractivity contribution in [3.63, 3.8) is 0 Å². The van der Waals surface area contributed by atoms with Crippen molar-refractivity contribution in [2.75, 3.05) is 24.5 Å². The Labute approximate surface area is 129 Å². The first-order chi connectivity index (χ1) is 10.1. The zero-order chi connectivity index (χ0) is 14.9.